The molecule has 3 nitrogen and oxygen atoms in total. The summed E-state index contributed by atoms with van der Waals surface area (Å²) in [5.74, 6) is -0.917. The molecule has 1 aromatic carbocycles. The van der Waals surface area contributed by atoms with E-state index in [2.05, 4.69) is 19.1 Å². The number of hydrogen-bond acceptors (Lipinski definition) is 2. The Morgan fingerprint density at radius 3 is 2.73 bits per heavy atom. The SMILES string of the molecule is Cc1ccccc1CCCC(N)C(=O)O. The predicted molar refractivity (Wildman–Crippen MR) is 59.7 cm³/mol. The first-order valence-corrected chi connectivity index (χ1v) is 5.14. The molecule has 1 atom stereocenters. The van der Waals surface area contributed by atoms with Gasteiger partial charge in [0.15, 0.2) is 0 Å². The number of benzene rings is 1. The molecule has 1 rings (SSSR count). The minimum absolute atomic E-state index is 0.531. The Hall–Kier alpha value is -1.35. The number of aliphatic carboxylic acids is 1. The van der Waals surface area contributed by atoms with Gasteiger partial charge in [-0.15, -0.1) is 0 Å². The molecule has 82 valence electrons. The van der Waals surface area contributed by atoms with Crippen molar-refractivity contribution in [3.8, 4) is 0 Å². The van der Waals surface area contributed by atoms with E-state index in [0.29, 0.717) is 6.42 Å². The molecule has 1 unspecified atom stereocenters. The van der Waals surface area contributed by atoms with Crippen molar-refractivity contribution >= 4 is 5.97 Å². The maximum absolute atomic E-state index is 10.5. The molecule has 0 radical (unpaired) electrons. The molecule has 3 heteroatoms. The lowest BCUT2D eigenvalue weighted by molar-refractivity contribution is -0.138. The Bertz CT molecular complexity index is 336. The van der Waals surface area contributed by atoms with Crippen molar-refractivity contribution in [3.63, 3.8) is 0 Å². The molecule has 0 heterocycles. The summed E-state index contributed by atoms with van der Waals surface area (Å²) in [4.78, 5) is 10.5. The molecular weight excluding hydrogens is 190 g/mol. The maximum atomic E-state index is 10.5. The van der Waals surface area contributed by atoms with Crippen LogP contribution >= 0.6 is 0 Å². The molecule has 0 saturated carbocycles. The second-order valence-corrected chi connectivity index (χ2v) is 3.76. The number of carboxylic acid groups (broad SMARTS) is 1. The quantitative estimate of drug-likeness (QED) is 0.772. The highest BCUT2D eigenvalue weighted by Gasteiger charge is 2.10. The van der Waals surface area contributed by atoms with Gasteiger partial charge in [0.25, 0.3) is 0 Å². The lowest BCUT2D eigenvalue weighted by Crippen LogP contribution is -2.29. The van der Waals surface area contributed by atoms with Gasteiger partial charge in [-0.25, -0.2) is 0 Å². The molecule has 0 fully saturated rings. The van der Waals surface area contributed by atoms with Gasteiger partial charge in [0.2, 0.25) is 0 Å². The lowest BCUT2D eigenvalue weighted by Gasteiger charge is -2.07. The molecular formula is C12H17NO2. The van der Waals surface area contributed by atoms with Gasteiger partial charge in [-0.3, -0.25) is 4.79 Å². The van der Waals surface area contributed by atoms with E-state index < -0.39 is 12.0 Å². The van der Waals surface area contributed by atoms with Crippen LogP contribution < -0.4 is 5.73 Å². The minimum Gasteiger partial charge on any atom is -0.480 e. The molecule has 0 aliphatic heterocycles. The Balaban J connectivity index is 2.38. The van der Waals surface area contributed by atoms with Gasteiger partial charge < -0.3 is 10.8 Å². The van der Waals surface area contributed by atoms with E-state index in [-0.39, 0.29) is 0 Å². The van der Waals surface area contributed by atoms with Gasteiger partial charge in [-0.1, -0.05) is 24.3 Å². The average molecular weight is 207 g/mol. The number of hydrogen-bond donors (Lipinski definition) is 2. The second-order valence-electron chi connectivity index (χ2n) is 3.76. The van der Waals surface area contributed by atoms with E-state index in [9.17, 15) is 4.79 Å². The van der Waals surface area contributed by atoms with Crippen molar-refractivity contribution in [2.75, 3.05) is 0 Å². The number of rotatable bonds is 5. The van der Waals surface area contributed by atoms with Gasteiger partial charge >= 0.3 is 5.97 Å². The summed E-state index contributed by atoms with van der Waals surface area (Å²) in [5, 5.41) is 8.61. The highest BCUT2D eigenvalue weighted by molar-refractivity contribution is 5.72. The fraction of sp³-hybridized carbons (Fsp3) is 0.417. The van der Waals surface area contributed by atoms with Gasteiger partial charge in [0, 0.05) is 0 Å². The van der Waals surface area contributed by atoms with Gasteiger partial charge in [-0.05, 0) is 37.3 Å². The third kappa shape index (κ3) is 3.72. The normalized spacial score (nSPS) is 12.4. The summed E-state index contributed by atoms with van der Waals surface area (Å²) in [6.07, 6.45) is 2.25. The highest BCUT2D eigenvalue weighted by Crippen LogP contribution is 2.11. The molecule has 15 heavy (non-hydrogen) atoms. The Kier molecular flexibility index (Phi) is 4.31. The summed E-state index contributed by atoms with van der Waals surface area (Å²) >= 11 is 0. The standard InChI is InChI=1S/C12H17NO2/c1-9-5-2-3-6-10(9)7-4-8-11(13)12(14)15/h2-3,5-6,11H,4,7-8,13H2,1H3,(H,14,15). The van der Waals surface area contributed by atoms with E-state index in [1.165, 1.54) is 11.1 Å². The monoisotopic (exact) mass is 207 g/mol. The van der Waals surface area contributed by atoms with E-state index in [1.807, 2.05) is 12.1 Å². The fourth-order valence-corrected chi connectivity index (χ4v) is 1.53. The molecule has 3 N–H and O–H groups in total. The number of aryl methyl sites for hydroxylation is 2. The zero-order valence-corrected chi connectivity index (χ0v) is 8.94. The average Bonchev–Trinajstić information content (AvgIpc) is 2.20. The molecule has 0 aliphatic carbocycles. The fourth-order valence-electron chi connectivity index (χ4n) is 1.53. The molecule has 0 aromatic heterocycles. The Labute approximate surface area is 89.9 Å². The predicted octanol–water partition coefficient (Wildman–Crippen LogP) is 1.73. The van der Waals surface area contributed by atoms with Crippen molar-refractivity contribution in [3.05, 3.63) is 35.4 Å². The van der Waals surface area contributed by atoms with Crippen LogP contribution in [-0.2, 0) is 11.2 Å². The van der Waals surface area contributed by atoms with Crippen molar-refractivity contribution < 1.29 is 9.90 Å². The van der Waals surface area contributed by atoms with Crippen molar-refractivity contribution in [2.45, 2.75) is 32.2 Å². The largest absolute Gasteiger partial charge is 0.480 e. The van der Waals surface area contributed by atoms with Gasteiger partial charge in [-0.2, -0.15) is 0 Å². The third-order valence-electron chi connectivity index (χ3n) is 2.54. The topological polar surface area (TPSA) is 63.3 Å². The van der Waals surface area contributed by atoms with Crippen molar-refractivity contribution in [1.29, 1.82) is 0 Å². The number of carboxylic acids is 1. The van der Waals surface area contributed by atoms with Crippen LogP contribution in [0.5, 0.6) is 0 Å². The second kappa shape index (κ2) is 5.51. The first-order valence-electron chi connectivity index (χ1n) is 5.14. The maximum Gasteiger partial charge on any atom is 0.320 e. The van der Waals surface area contributed by atoms with Gasteiger partial charge in [0.05, 0.1) is 0 Å². The Morgan fingerprint density at radius 2 is 2.13 bits per heavy atom. The van der Waals surface area contributed by atoms with Gasteiger partial charge in [0.1, 0.15) is 6.04 Å². The van der Waals surface area contributed by atoms with Crippen LogP contribution in [0.25, 0.3) is 0 Å². The van der Waals surface area contributed by atoms with Crippen LogP contribution in [0.1, 0.15) is 24.0 Å². The number of carbonyl (C=O) groups is 1. The molecule has 0 aliphatic rings. The molecule has 0 saturated heterocycles. The summed E-state index contributed by atoms with van der Waals surface area (Å²) in [6.45, 7) is 2.06. The van der Waals surface area contributed by atoms with E-state index in [0.717, 1.165) is 12.8 Å². The third-order valence-corrected chi connectivity index (χ3v) is 2.54. The minimum atomic E-state index is -0.917. The van der Waals surface area contributed by atoms with Crippen LogP contribution in [0.2, 0.25) is 0 Å². The van der Waals surface area contributed by atoms with Crippen LogP contribution in [0.3, 0.4) is 0 Å². The van der Waals surface area contributed by atoms with Crippen molar-refractivity contribution in [2.24, 2.45) is 5.73 Å². The van der Waals surface area contributed by atoms with E-state index in [1.54, 1.807) is 0 Å². The molecule has 1 aromatic rings. The van der Waals surface area contributed by atoms with E-state index >= 15 is 0 Å². The first kappa shape index (κ1) is 11.7. The van der Waals surface area contributed by atoms with E-state index in [4.69, 9.17) is 10.8 Å². The molecule has 0 bridgehead atoms. The summed E-state index contributed by atoms with van der Waals surface area (Å²) < 4.78 is 0. The van der Waals surface area contributed by atoms with Crippen LogP contribution in [0, 0.1) is 6.92 Å². The summed E-state index contributed by atoms with van der Waals surface area (Å²) in [6, 6.07) is 7.41. The Morgan fingerprint density at radius 1 is 1.47 bits per heavy atom. The smallest absolute Gasteiger partial charge is 0.320 e. The first-order chi connectivity index (χ1) is 7.11. The summed E-state index contributed by atoms with van der Waals surface area (Å²) in [5.41, 5.74) is 7.94. The highest BCUT2D eigenvalue weighted by atomic mass is 16.4. The molecule has 0 amide bonds. The number of nitrogens with two attached hydrogens (primary N) is 1. The van der Waals surface area contributed by atoms with Crippen LogP contribution in [0.4, 0.5) is 0 Å². The van der Waals surface area contributed by atoms with Crippen LogP contribution in [0.15, 0.2) is 24.3 Å². The molecule has 0 spiro atoms. The van der Waals surface area contributed by atoms with Crippen LogP contribution in [-0.4, -0.2) is 17.1 Å². The van der Waals surface area contributed by atoms with Crippen molar-refractivity contribution in [1.82, 2.24) is 0 Å². The summed E-state index contributed by atoms with van der Waals surface area (Å²) in [7, 11) is 0. The zero-order chi connectivity index (χ0) is 11.3. The zero-order valence-electron chi connectivity index (χ0n) is 8.94. The lowest BCUT2D eigenvalue weighted by atomic mass is 10.0.